The second-order valence-electron chi connectivity index (χ2n) is 4.63. The zero-order chi connectivity index (χ0) is 14.8. The molecular formula is C13H18BrNO4S. The molecule has 0 aromatic heterocycles. The smallest absolute Gasteiger partial charge is 0.247 e. The summed E-state index contributed by atoms with van der Waals surface area (Å²) in [6, 6.07) is 5.07. The maximum atomic E-state index is 12.8. The molecule has 5 nitrogen and oxygen atoms in total. The van der Waals surface area contributed by atoms with Crippen LogP contribution in [0.15, 0.2) is 27.6 Å². The van der Waals surface area contributed by atoms with Crippen molar-refractivity contribution >= 4 is 26.0 Å². The van der Waals surface area contributed by atoms with Gasteiger partial charge in [0.05, 0.1) is 13.7 Å². The molecule has 0 atom stereocenters. The lowest BCUT2D eigenvalue weighted by Gasteiger charge is -2.22. The summed E-state index contributed by atoms with van der Waals surface area (Å²) in [7, 11) is -0.539. The van der Waals surface area contributed by atoms with Crippen molar-refractivity contribution in [3.63, 3.8) is 0 Å². The number of halogens is 1. The fraction of sp³-hybridized carbons (Fsp3) is 0.538. The third-order valence-electron chi connectivity index (χ3n) is 3.18. The summed E-state index contributed by atoms with van der Waals surface area (Å²) < 4.78 is 38.1. The van der Waals surface area contributed by atoms with Gasteiger partial charge in [0.2, 0.25) is 10.0 Å². The lowest BCUT2D eigenvalue weighted by atomic mass is 10.3. The van der Waals surface area contributed by atoms with Crippen LogP contribution in [0.3, 0.4) is 0 Å². The number of benzene rings is 1. The Balaban J connectivity index is 2.39. The first-order chi connectivity index (χ1) is 9.50. The second-order valence-corrected chi connectivity index (χ2v) is 7.41. The molecule has 1 aromatic carbocycles. The predicted molar refractivity (Wildman–Crippen MR) is 79.5 cm³/mol. The van der Waals surface area contributed by atoms with Crippen molar-refractivity contribution in [3.05, 3.63) is 22.7 Å². The van der Waals surface area contributed by atoms with Gasteiger partial charge in [0, 0.05) is 24.2 Å². The van der Waals surface area contributed by atoms with Crippen LogP contribution in [-0.4, -0.2) is 46.1 Å². The number of rotatable bonds is 7. The normalized spacial score (nSPS) is 15.6. The van der Waals surface area contributed by atoms with E-state index in [1.54, 1.807) is 25.3 Å². The average molecular weight is 364 g/mol. The standard InChI is InChI=1S/C13H18BrNO4S/c1-18-8-7-15(11-4-5-11)20(16,17)13-9-10(14)3-6-12(13)19-2/h3,6,9,11H,4-5,7-8H2,1-2H3. The zero-order valence-electron chi connectivity index (χ0n) is 11.5. The molecule has 0 saturated heterocycles. The Morgan fingerprint density at radius 1 is 1.35 bits per heavy atom. The summed E-state index contributed by atoms with van der Waals surface area (Å²) in [5.41, 5.74) is 0. The van der Waals surface area contributed by atoms with Crippen LogP contribution in [0, 0.1) is 0 Å². The van der Waals surface area contributed by atoms with E-state index < -0.39 is 10.0 Å². The Hall–Kier alpha value is -0.630. The summed E-state index contributed by atoms with van der Waals surface area (Å²) in [4.78, 5) is 0.192. The number of nitrogens with zero attached hydrogens (tertiary/aromatic N) is 1. The minimum atomic E-state index is -3.58. The molecular weight excluding hydrogens is 346 g/mol. The summed E-state index contributed by atoms with van der Waals surface area (Å²) in [6.07, 6.45) is 1.80. The van der Waals surface area contributed by atoms with Gasteiger partial charge in [-0.2, -0.15) is 4.31 Å². The Morgan fingerprint density at radius 3 is 2.60 bits per heavy atom. The zero-order valence-corrected chi connectivity index (χ0v) is 13.9. The minimum absolute atomic E-state index is 0.0823. The number of hydrogen-bond donors (Lipinski definition) is 0. The van der Waals surface area contributed by atoms with Gasteiger partial charge in [0.15, 0.2) is 0 Å². The molecule has 0 bridgehead atoms. The summed E-state index contributed by atoms with van der Waals surface area (Å²) >= 11 is 3.31. The molecule has 1 aliphatic rings. The van der Waals surface area contributed by atoms with Gasteiger partial charge < -0.3 is 9.47 Å². The molecule has 0 spiro atoms. The van der Waals surface area contributed by atoms with Gasteiger partial charge in [-0.15, -0.1) is 0 Å². The Labute approximate surface area is 128 Å². The fourth-order valence-corrected chi connectivity index (χ4v) is 4.39. The van der Waals surface area contributed by atoms with E-state index in [0.29, 0.717) is 23.4 Å². The Bertz CT molecular complexity index is 572. The lowest BCUT2D eigenvalue weighted by molar-refractivity contribution is 0.177. The maximum Gasteiger partial charge on any atom is 0.247 e. The highest BCUT2D eigenvalue weighted by molar-refractivity contribution is 9.10. The molecule has 0 N–H and O–H groups in total. The van der Waals surface area contributed by atoms with Crippen molar-refractivity contribution in [1.29, 1.82) is 0 Å². The lowest BCUT2D eigenvalue weighted by Crippen LogP contribution is -2.36. The van der Waals surface area contributed by atoms with Gasteiger partial charge in [-0.25, -0.2) is 8.42 Å². The average Bonchev–Trinajstić information content (AvgIpc) is 3.23. The van der Waals surface area contributed by atoms with Crippen molar-refractivity contribution in [2.45, 2.75) is 23.8 Å². The topological polar surface area (TPSA) is 55.8 Å². The summed E-state index contributed by atoms with van der Waals surface area (Å²) in [5.74, 6) is 0.358. The van der Waals surface area contributed by atoms with Crippen molar-refractivity contribution in [3.8, 4) is 5.75 Å². The van der Waals surface area contributed by atoms with Gasteiger partial charge in [0.25, 0.3) is 0 Å². The summed E-state index contributed by atoms with van der Waals surface area (Å²) in [6.45, 7) is 0.741. The van der Waals surface area contributed by atoms with Crippen molar-refractivity contribution in [2.75, 3.05) is 27.4 Å². The molecule has 1 fully saturated rings. The quantitative estimate of drug-likeness (QED) is 0.745. The fourth-order valence-electron chi connectivity index (χ4n) is 2.02. The van der Waals surface area contributed by atoms with Crippen molar-refractivity contribution < 1.29 is 17.9 Å². The molecule has 0 amide bonds. The predicted octanol–water partition coefficient (Wildman–Crippen LogP) is 2.26. The van der Waals surface area contributed by atoms with Gasteiger partial charge >= 0.3 is 0 Å². The SMILES string of the molecule is COCCN(C1CC1)S(=O)(=O)c1cc(Br)ccc1OC. The van der Waals surface area contributed by atoms with Crippen LogP contribution in [0.5, 0.6) is 5.75 Å². The van der Waals surface area contributed by atoms with E-state index in [9.17, 15) is 8.42 Å². The van der Waals surface area contributed by atoms with Crippen LogP contribution in [0.25, 0.3) is 0 Å². The van der Waals surface area contributed by atoms with Gasteiger partial charge in [0.1, 0.15) is 10.6 Å². The first-order valence-electron chi connectivity index (χ1n) is 6.35. The highest BCUT2D eigenvalue weighted by Crippen LogP contribution is 2.35. The third kappa shape index (κ3) is 3.33. The van der Waals surface area contributed by atoms with Crippen LogP contribution < -0.4 is 4.74 Å². The molecule has 1 aromatic rings. The molecule has 0 radical (unpaired) electrons. The first-order valence-corrected chi connectivity index (χ1v) is 8.58. The molecule has 7 heteroatoms. The number of sulfonamides is 1. The molecule has 20 heavy (non-hydrogen) atoms. The van der Waals surface area contributed by atoms with Crippen LogP contribution in [0.4, 0.5) is 0 Å². The van der Waals surface area contributed by atoms with Crippen LogP contribution in [0.1, 0.15) is 12.8 Å². The molecule has 1 saturated carbocycles. The van der Waals surface area contributed by atoms with Gasteiger partial charge in [-0.05, 0) is 31.0 Å². The van der Waals surface area contributed by atoms with E-state index in [1.165, 1.54) is 11.4 Å². The maximum absolute atomic E-state index is 12.8. The van der Waals surface area contributed by atoms with Crippen LogP contribution >= 0.6 is 15.9 Å². The van der Waals surface area contributed by atoms with E-state index in [1.807, 2.05) is 0 Å². The van der Waals surface area contributed by atoms with Crippen LogP contribution in [0.2, 0.25) is 0 Å². The Kier molecular flexibility index (Phi) is 5.06. The number of methoxy groups -OCH3 is 2. The third-order valence-corrected chi connectivity index (χ3v) is 5.65. The van der Waals surface area contributed by atoms with E-state index in [0.717, 1.165) is 12.8 Å². The number of ether oxygens (including phenoxy) is 2. The van der Waals surface area contributed by atoms with Gasteiger partial charge in [-0.3, -0.25) is 0 Å². The minimum Gasteiger partial charge on any atom is -0.495 e. The van der Waals surface area contributed by atoms with Crippen molar-refractivity contribution in [1.82, 2.24) is 4.31 Å². The van der Waals surface area contributed by atoms with E-state index in [4.69, 9.17) is 9.47 Å². The van der Waals surface area contributed by atoms with Gasteiger partial charge in [-0.1, -0.05) is 15.9 Å². The first kappa shape index (κ1) is 15.8. The molecule has 0 unspecified atom stereocenters. The molecule has 0 heterocycles. The second kappa shape index (κ2) is 6.43. The van der Waals surface area contributed by atoms with E-state index >= 15 is 0 Å². The van der Waals surface area contributed by atoms with Crippen molar-refractivity contribution in [2.24, 2.45) is 0 Å². The highest BCUT2D eigenvalue weighted by atomic mass is 79.9. The molecule has 2 rings (SSSR count). The molecule has 0 aliphatic heterocycles. The monoisotopic (exact) mass is 363 g/mol. The number of hydrogen-bond acceptors (Lipinski definition) is 4. The van der Waals surface area contributed by atoms with E-state index in [2.05, 4.69) is 15.9 Å². The van der Waals surface area contributed by atoms with Crippen LogP contribution in [-0.2, 0) is 14.8 Å². The molecule has 1 aliphatic carbocycles. The Morgan fingerprint density at radius 2 is 2.05 bits per heavy atom. The largest absolute Gasteiger partial charge is 0.495 e. The summed E-state index contributed by atoms with van der Waals surface area (Å²) in [5, 5.41) is 0. The highest BCUT2D eigenvalue weighted by Gasteiger charge is 2.39. The molecule has 112 valence electrons. The van der Waals surface area contributed by atoms with E-state index in [-0.39, 0.29) is 10.9 Å².